The number of benzene rings is 1. The van der Waals surface area contributed by atoms with Crippen molar-refractivity contribution < 1.29 is 68.3 Å². The minimum absolute atomic E-state index is 0.0355. The second kappa shape index (κ2) is 20.8. The molecule has 6 N–H and O–H groups in total. The number of amides is 1. The number of nitrogens with one attached hydrogen (secondary N) is 1. The minimum atomic E-state index is -2.23. The van der Waals surface area contributed by atoms with E-state index in [2.05, 4.69) is 10.3 Å². The van der Waals surface area contributed by atoms with Crippen molar-refractivity contribution in [1.82, 2.24) is 15.2 Å². The molecule has 18 atom stereocenters. The number of esters is 1. The maximum atomic E-state index is 14.7. The molecule has 0 unspecified atom stereocenters. The molecule has 17 heteroatoms. The molecule has 3 aliphatic rings. The van der Waals surface area contributed by atoms with Crippen LogP contribution in [0.1, 0.15) is 98.4 Å². The molecule has 1 aromatic heterocycles. The number of rotatable bonds is 10. The third-order valence-corrected chi connectivity index (χ3v) is 14.0. The zero-order chi connectivity index (χ0) is 47.6. The van der Waals surface area contributed by atoms with Crippen molar-refractivity contribution >= 4 is 28.6 Å². The number of fused-ring (bicyclic) bond motifs is 1. The Kier molecular flexibility index (Phi) is 16.8. The zero-order valence-corrected chi connectivity index (χ0v) is 39.5. The Morgan fingerprint density at radius 1 is 0.938 bits per heavy atom. The maximum Gasteiger partial charge on any atom is 0.311 e. The van der Waals surface area contributed by atoms with Crippen molar-refractivity contribution in [3.63, 3.8) is 0 Å². The molecule has 3 saturated heterocycles. The Labute approximate surface area is 377 Å². The lowest BCUT2D eigenvalue weighted by atomic mass is 9.74. The number of aliphatic hydroxyl groups is 5. The summed E-state index contributed by atoms with van der Waals surface area (Å²) in [6.45, 7) is 14.2. The van der Waals surface area contributed by atoms with Gasteiger partial charge >= 0.3 is 5.97 Å². The van der Waals surface area contributed by atoms with Gasteiger partial charge in [-0.05, 0) is 80.6 Å². The van der Waals surface area contributed by atoms with Crippen LogP contribution in [0.4, 0.5) is 0 Å². The number of ether oxygens (including phenoxy) is 6. The lowest BCUT2D eigenvalue weighted by Crippen LogP contribution is -2.61. The van der Waals surface area contributed by atoms with Gasteiger partial charge in [-0.1, -0.05) is 39.0 Å². The summed E-state index contributed by atoms with van der Waals surface area (Å²) in [7, 11) is 5.13. The van der Waals surface area contributed by atoms with Gasteiger partial charge in [0.1, 0.15) is 29.7 Å². The molecule has 0 aliphatic carbocycles. The topological polar surface area (TPSA) is 236 Å². The van der Waals surface area contributed by atoms with Crippen molar-refractivity contribution in [3.05, 3.63) is 42.1 Å². The van der Waals surface area contributed by atoms with Gasteiger partial charge in [-0.15, -0.1) is 0 Å². The molecule has 1 amide bonds. The van der Waals surface area contributed by atoms with Crippen LogP contribution in [0.3, 0.4) is 0 Å². The Morgan fingerprint density at radius 3 is 2.27 bits per heavy atom. The van der Waals surface area contributed by atoms with Gasteiger partial charge in [0.2, 0.25) is 0 Å². The number of carbonyl (C=O) groups is 3. The molecule has 1 aromatic carbocycles. The van der Waals surface area contributed by atoms with E-state index in [0.717, 1.165) is 5.39 Å². The normalized spacial score (nSPS) is 41.9. The Balaban J connectivity index is 1.54. The summed E-state index contributed by atoms with van der Waals surface area (Å²) in [5, 5.41) is 62.7. The van der Waals surface area contributed by atoms with E-state index < -0.39 is 113 Å². The molecule has 0 spiro atoms. The summed E-state index contributed by atoms with van der Waals surface area (Å²) in [6.07, 6.45) is -9.74. The van der Waals surface area contributed by atoms with Crippen LogP contribution >= 0.6 is 0 Å². The quantitative estimate of drug-likeness (QED) is 0.188. The van der Waals surface area contributed by atoms with E-state index in [-0.39, 0.29) is 43.5 Å². The highest BCUT2D eigenvalue weighted by Crippen LogP contribution is 2.41. The zero-order valence-electron chi connectivity index (χ0n) is 39.5. The number of cyclic esters (lactones) is 1. The van der Waals surface area contributed by atoms with Gasteiger partial charge in [-0.3, -0.25) is 19.4 Å². The lowest BCUT2D eigenvalue weighted by molar-refractivity contribution is -0.318. The van der Waals surface area contributed by atoms with Crippen molar-refractivity contribution in [1.29, 1.82) is 0 Å². The molecule has 3 fully saturated rings. The number of aliphatic hydroxyl groups excluding tert-OH is 3. The van der Waals surface area contributed by atoms with Crippen molar-refractivity contribution in [3.8, 4) is 0 Å². The Morgan fingerprint density at radius 2 is 1.61 bits per heavy atom. The molecular weight excluding hydrogens is 831 g/mol. The van der Waals surface area contributed by atoms with E-state index in [0.29, 0.717) is 11.9 Å². The van der Waals surface area contributed by atoms with Crippen LogP contribution in [0.15, 0.2) is 36.5 Å². The SMILES string of the molecule is CO[C@]1(C)C[C@H](O[C@H]2[C@H](C)[C@@H](O[C@@H]3O[C@H](C)C[C@H](N(C)C)[C@H]3O)[C@](C)(O)C[C@@H](C)C(=O)[C@H](C)[C@@H](O)[C@](C)(O)[C@@H](CCNC(=O)c3cnc4ccccc4c3)OC(=O)[C@@H]2C)O[C@@H](C)[C@@H]1O. The maximum absolute atomic E-state index is 14.7. The number of Topliss-reactive ketones (excluding diaryl/α,β-unsaturated/α-hetero) is 1. The first-order chi connectivity index (χ1) is 29.8. The van der Waals surface area contributed by atoms with Crippen LogP contribution < -0.4 is 5.32 Å². The van der Waals surface area contributed by atoms with Crippen LogP contribution in [-0.2, 0) is 38.0 Å². The number of methoxy groups -OCH3 is 1. The fourth-order valence-corrected chi connectivity index (χ4v) is 9.88. The fourth-order valence-electron chi connectivity index (χ4n) is 9.88. The van der Waals surface area contributed by atoms with Crippen molar-refractivity contribution in [2.45, 2.75) is 172 Å². The molecule has 0 radical (unpaired) electrons. The van der Waals surface area contributed by atoms with E-state index in [1.807, 2.05) is 50.2 Å². The van der Waals surface area contributed by atoms with E-state index in [4.69, 9.17) is 28.4 Å². The number of hydrogen-bond acceptors (Lipinski definition) is 16. The highest BCUT2D eigenvalue weighted by atomic mass is 16.7. The first kappa shape index (κ1) is 51.8. The largest absolute Gasteiger partial charge is 0.459 e. The summed E-state index contributed by atoms with van der Waals surface area (Å²) in [6, 6.07) is 8.66. The summed E-state index contributed by atoms with van der Waals surface area (Å²) in [5.74, 6) is -6.10. The second-order valence-corrected chi connectivity index (χ2v) is 19.5. The van der Waals surface area contributed by atoms with E-state index in [1.165, 1.54) is 34.1 Å². The van der Waals surface area contributed by atoms with Crippen molar-refractivity contribution in [2.24, 2.45) is 23.7 Å². The first-order valence-corrected chi connectivity index (χ1v) is 22.5. The lowest BCUT2D eigenvalue weighted by Gasteiger charge is -2.49. The van der Waals surface area contributed by atoms with Gasteiger partial charge in [-0.2, -0.15) is 0 Å². The molecule has 0 saturated carbocycles. The summed E-state index contributed by atoms with van der Waals surface area (Å²) >= 11 is 0. The number of aromatic nitrogens is 1. The molecule has 360 valence electrons. The van der Waals surface area contributed by atoms with Crippen molar-refractivity contribution in [2.75, 3.05) is 27.7 Å². The number of nitrogens with zero attached hydrogens (tertiary/aromatic N) is 2. The Bertz CT molecular complexity index is 1910. The van der Waals surface area contributed by atoms with Gasteiger partial charge in [-0.25, -0.2) is 0 Å². The van der Waals surface area contributed by atoms with Gasteiger partial charge < -0.3 is 64.2 Å². The molecular formula is C47H73N3O14. The van der Waals surface area contributed by atoms with Gasteiger partial charge in [0, 0.05) is 61.9 Å². The van der Waals surface area contributed by atoms with Gasteiger partial charge in [0.15, 0.2) is 12.6 Å². The van der Waals surface area contributed by atoms with Crippen LogP contribution in [0.5, 0.6) is 0 Å². The fraction of sp³-hybridized carbons (Fsp3) is 0.745. The molecule has 4 heterocycles. The average molecular weight is 904 g/mol. The van der Waals surface area contributed by atoms with E-state index in [9.17, 15) is 39.9 Å². The predicted molar refractivity (Wildman–Crippen MR) is 235 cm³/mol. The third kappa shape index (κ3) is 11.3. The molecule has 0 bridgehead atoms. The van der Waals surface area contributed by atoms with Crippen LogP contribution in [0.25, 0.3) is 10.9 Å². The molecule has 64 heavy (non-hydrogen) atoms. The summed E-state index contributed by atoms with van der Waals surface area (Å²) < 4.78 is 37.6. The van der Waals surface area contributed by atoms with E-state index >= 15 is 0 Å². The molecule has 3 aliphatic heterocycles. The van der Waals surface area contributed by atoms with Gasteiger partial charge in [0.05, 0.1) is 58.7 Å². The summed E-state index contributed by atoms with van der Waals surface area (Å²) in [4.78, 5) is 48.4. The van der Waals surface area contributed by atoms with Gasteiger partial charge in [0.25, 0.3) is 5.91 Å². The standard InChI is InChI=1S/C47H73N3O14/c1-24-21-45(7,57)41(64-44-37(52)33(50(10)11)19-25(2)60-44)27(4)38(63-35-22-46(8,59-12)40(54)29(6)61-35)28(5)43(56)62-34(47(9,58)39(53)26(3)36(24)51)17-18-48-42(55)31-20-30-15-13-14-16-32(30)49-23-31/h13-16,20,23-29,33-35,37-41,44,52-54,57-58H,17-19,21-22H2,1-12H3,(H,48,55)/t24-,25-,26+,27+,28-,29+,33+,34-,35+,37-,38+,39-,40+,41-,44+,45-,46-,47-/m1/s1. The minimum Gasteiger partial charge on any atom is -0.459 e. The number of para-hydroxylation sites is 1. The van der Waals surface area contributed by atoms with Crippen LogP contribution in [0, 0.1) is 23.7 Å². The first-order valence-electron chi connectivity index (χ1n) is 22.5. The third-order valence-electron chi connectivity index (χ3n) is 14.0. The predicted octanol–water partition coefficient (Wildman–Crippen LogP) is 2.74. The number of hydrogen-bond donors (Lipinski definition) is 6. The smallest absolute Gasteiger partial charge is 0.311 e. The number of likely N-dealkylation sites (N-methyl/N-ethyl adjacent to an activating group) is 1. The molecule has 5 rings (SSSR count). The highest BCUT2D eigenvalue weighted by molar-refractivity contribution is 5.97. The molecule has 2 aromatic rings. The van der Waals surface area contributed by atoms with E-state index in [1.54, 1.807) is 40.7 Å². The number of ketones is 1. The summed E-state index contributed by atoms with van der Waals surface area (Å²) in [5.41, 5.74) is -4.22. The average Bonchev–Trinajstić information content (AvgIpc) is 3.24. The molecule has 17 nitrogen and oxygen atoms in total. The second-order valence-electron chi connectivity index (χ2n) is 19.5. The van der Waals surface area contributed by atoms with Crippen LogP contribution in [0.2, 0.25) is 0 Å². The van der Waals surface area contributed by atoms with Crippen LogP contribution in [-0.4, -0.2) is 165 Å². The highest BCUT2D eigenvalue weighted by Gasteiger charge is 2.53. The Hall–Kier alpha value is -3.20. The monoisotopic (exact) mass is 904 g/mol. The number of pyridine rings is 1. The number of carbonyl (C=O) groups excluding carboxylic acids is 3.